The quantitative estimate of drug-likeness (QED) is 0.273. The Morgan fingerprint density at radius 3 is 2.31 bits per heavy atom. The van der Waals surface area contributed by atoms with Crippen LogP contribution in [0.2, 0.25) is 0 Å². The summed E-state index contributed by atoms with van der Waals surface area (Å²) in [6.07, 6.45) is -4.72. The fourth-order valence-electron chi connectivity index (χ4n) is 6.73. The number of esters is 4. The Morgan fingerprint density at radius 1 is 1.05 bits per heavy atom. The molecule has 5 rings (SSSR count). The van der Waals surface area contributed by atoms with Crippen LogP contribution < -0.4 is 4.74 Å². The number of likely N-dealkylation sites (tertiary alicyclic amines) is 1. The number of carbonyl (C=O) groups excluding carboxylic acids is 4. The third-order valence-electron chi connectivity index (χ3n) is 8.54. The van der Waals surface area contributed by atoms with Gasteiger partial charge in [0.25, 0.3) is 0 Å². The largest absolute Gasteiger partial charge is 0.504 e. The Balaban J connectivity index is 1.51. The number of carbonyl (C=O) groups is 5. The molecule has 3 N–H and O–H groups in total. The lowest BCUT2D eigenvalue weighted by Gasteiger charge is -2.61. The average Bonchev–Trinajstić information content (AvgIpc) is 3.27. The molecule has 1 spiro atoms. The fourth-order valence-corrected chi connectivity index (χ4v) is 6.73. The highest BCUT2D eigenvalue weighted by molar-refractivity contribution is 5.90. The van der Waals surface area contributed by atoms with Crippen molar-refractivity contribution in [3.8, 4) is 11.5 Å². The number of carboxylic acid groups (broad SMARTS) is 1. The fraction of sp³-hybridized carbons (Fsp3) is 0.536. The van der Waals surface area contributed by atoms with E-state index in [9.17, 15) is 34.2 Å². The summed E-state index contributed by atoms with van der Waals surface area (Å²) >= 11 is 0. The molecule has 42 heavy (non-hydrogen) atoms. The first-order valence-electron chi connectivity index (χ1n) is 13.3. The number of benzene rings is 1. The van der Waals surface area contributed by atoms with Crippen molar-refractivity contribution >= 4 is 29.8 Å². The zero-order valence-corrected chi connectivity index (χ0v) is 23.3. The van der Waals surface area contributed by atoms with Gasteiger partial charge in [0.05, 0.1) is 11.0 Å². The maximum Gasteiger partial charge on any atom is 0.357 e. The topological polar surface area (TPSA) is 195 Å². The monoisotopic (exact) mass is 589 g/mol. The molecule has 7 atom stereocenters. The molecule has 0 aromatic heterocycles. The molecule has 2 unspecified atom stereocenters. The molecule has 14 nitrogen and oxygen atoms in total. The van der Waals surface area contributed by atoms with Gasteiger partial charge in [-0.2, -0.15) is 0 Å². The van der Waals surface area contributed by atoms with Gasteiger partial charge in [0.2, 0.25) is 12.2 Å². The van der Waals surface area contributed by atoms with Crippen LogP contribution in [-0.2, 0) is 54.8 Å². The molecular formula is C28H31NO13. The first-order valence-corrected chi connectivity index (χ1v) is 13.3. The molecule has 1 fully saturated rings. The molecule has 2 heterocycles. The smallest absolute Gasteiger partial charge is 0.357 e. The Morgan fingerprint density at radius 2 is 1.69 bits per heavy atom. The molecular weight excluding hydrogens is 558 g/mol. The third kappa shape index (κ3) is 4.36. The second-order valence-corrected chi connectivity index (χ2v) is 11.0. The lowest BCUT2D eigenvalue weighted by Crippen LogP contribution is -2.74. The molecule has 2 aliphatic heterocycles. The number of hydrogen-bond donors (Lipinski definition) is 3. The van der Waals surface area contributed by atoms with E-state index in [-0.39, 0.29) is 29.7 Å². The number of rotatable bonds is 8. The first kappa shape index (κ1) is 29.3. The number of ether oxygens (including phenoxy) is 5. The van der Waals surface area contributed by atoms with E-state index in [2.05, 4.69) is 4.90 Å². The Bertz CT molecular complexity index is 1400. The van der Waals surface area contributed by atoms with Gasteiger partial charge in [-0.15, -0.1) is 0 Å². The van der Waals surface area contributed by atoms with E-state index in [0.717, 1.165) is 26.3 Å². The number of aliphatic hydroxyl groups is 1. The molecule has 226 valence electrons. The standard InChI is InChI=1S/C28H31NO13/c1-12(24(33)34)38-25(35)21(39-13(2)30)22(40-14(3)31)26(36)41-17-7-8-28(37)18-11-15-5-6-16(32)20-19(15)27(28,23(17)42-20)9-10-29(18)4/h5-7,12,18,21-23,32,37H,8-11H2,1-4H3,(H,33,34)/t12-,18+,21-,22-,23?,27?,28+/m0/s1. The van der Waals surface area contributed by atoms with Crippen LogP contribution >= 0.6 is 0 Å². The maximum atomic E-state index is 13.6. The van der Waals surface area contributed by atoms with Crippen LogP contribution in [0.3, 0.4) is 0 Å². The van der Waals surface area contributed by atoms with Crippen molar-refractivity contribution in [1.82, 2.24) is 4.90 Å². The van der Waals surface area contributed by atoms with E-state index >= 15 is 0 Å². The molecule has 2 bridgehead atoms. The van der Waals surface area contributed by atoms with Crippen molar-refractivity contribution in [1.29, 1.82) is 0 Å². The van der Waals surface area contributed by atoms with E-state index < -0.39 is 65.3 Å². The molecule has 14 heteroatoms. The second-order valence-electron chi connectivity index (χ2n) is 11.0. The molecule has 1 aromatic rings. The Labute approximate surface area is 239 Å². The number of carboxylic acids is 1. The van der Waals surface area contributed by atoms with E-state index in [1.807, 2.05) is 7.05 Å². The highest BCUT2D eigenvalue weighted by Gasteiger charge is 2.72. The van der Waals surface area contributed by atoms with Gasteiger partial charge in [0, 0.05) is 31.9 Å². The van der Waals surface area contributed by atoms with Crippen LogP contribution in [0.1, 0.15) is 44.7 Å². The Kier molecular flexibility index (Phi) is 7.18. The SMILES string of the molecule is CC(=O)O[C@H](C(=O)OC1=CC[C@@]2(O)[C@H]3Cc4ccc(O)c5c4C2(CCN3C)C1O5)[C@H](OC(C)=O)C(=O)O[C@@H](C)C(=O)O. The number of phenols is 1. The van der Waals surface area contributed by atoms with Crippen LogP contribution in [0, 0.1) is 0 Å². The van der Waals surface area contributed by atoms with Crippen molar-refractivity contribution < 1.29 is 63.0 Å². The molecule has 1 saturated heterocycles. The highest BCUT2D eigenvalue weighted by atomic mass is 16.6. The number of aliphatic carboxylic acids is 1. The summed E-state index contributed by atoms with van der Waals surface area (Å²) in [7, 11) is 1.91. The summed E-state index contributed by atoms with van der Waals surface area (Å²) < 4.78 is 26.7. The molecule has 4 aliphatic rings. The van der Waals surface area contributed by atoms with E-state index in [1.54, 1.807) is 6.07 Å². The van der Waals surface area contributed by atoms with Crippen molar-refractivity contribution in [2.24, 2.45) is 0 Å². The number of aromatic hydroxyl groups is 1. The van der Waals surface area contributed by atoms with E-state index in [4.69, 9.17) is 28.8 Å². The highest BCUT2D eigenvalue weighted by Crippen LogP contribution is 2.65. The van der Waals surface area contributed by atoms with Crippen molar-refractivity contribution in [3.05, 3.63) is 35.1 Å². The second kappa shape index (κ2) is 10.3. The zero-order chi connectivity index (χ0) is 30.7. The number of likely N-dealkylation sites (N-methyl/N-ethyl adjacent to an activating group) is 1. The minimum atomic E-state index is -2.19. The van der Waals surface area contributed by atoms with Gasteiger partial charge in [-0.1, -0.05) is 6.07 Å². The molecule has 0 radical (unpaired) electrons. The van der Waals surface area contributed by atoms with Crippen LogP contribution in [-0.4, -0.2) is 99.7 Å². The van der Waals surface area contributed by atoms with Gasteiger partial charge in [-0.3, -0.25) is 9.59 Å². The predicted molar refractivity (Wildman–Crippen MR) is 137 cm³/mol. The van der Waals surface area contributed by atoms with Gasteiger partial charge >= 0.3 is 29.8 Å². The van der Waals surface area contributed by atoms with Crippen LogP contribution in [0.5, 0.6) is 11.5 Å². The molecule has 1 aromatic carbocycles. The normalized spacial score (nSPS) is 29.0. The summed E-state index contributed by atoms with van der Waals surface area (Å²) in [5.41, 5.74) is -0.930. The summed E-state index contributed by atoms with van der Waals surface area (Å²) in [5, 5.41) is 32.0. The summed E-state index contributed by atoms with van der Waals surface area (Å²) in [4.78, 5) is 63.4. The van der Waals surface area contributed by atoms with Crippen LogP contribution in [0.15, 0.2) is 24.0 Å². The van der Waals surface area contributed by atoms with E-state index in [0.29, 0.717) is 24.9 Å². The van der Waals surface area contributed by atoms with Crippen molar-refractivity contribution in [2.45, 2.75) is 81.5 Å². The average molecular weight is 590 g/mol. The number of piperidine rings is 1. The van der Waals surface area contributed by atoms with Gasteiger partial charge in [0.1, 0.15) is 5.76 Å². The van der Waals surface area contributed by atoms with Crippen molar-refractivity contribution in [2.75, 3.05) is 13.6 Å². The number of hydrogen-bond acceptors (Lipinski definition) is 13. The predicted octanol–water partition coefficient (Wildman–Crippen LogP) is 0.0928. The number of nitrogens with zero attached hydrogens (tertiary/aromatic N) is 1. The summed E-state index contributed by atoms with van der Waals surface area (Å²) in [6, 6.07) is 2.98. The molecule has 2 aliphatic carbocycles. The number of phenolic OH excluding ortho intramolecular Hbond substituents is 1. The van der Waals surface area contributed by atoms with Crippen LogP contribution in [0.4, 0.5) is 0 Å². The van der Waals surface area contributed by atoms with Crippen molar-refractivity contribution in [3.63, 3.8) is 0 Å². The third-order valence-corrected chi connectivity index (χ3v) is 8.54. The minimum absolute atomic E-state index is 0.0444. The Hall–Kier alpha value is -4.17. The van der Waals surface area contributed by atoms with Gasteiger partial charge in [0.15, 0.2) is 23.7 Å². The lowest BCUT2D eigenvalue weighted by molar-refractivity contribution is -0.194. The summed E-state index contributed by atoms with van der Waals surface area (Å²) in [6.45, 7) is 3.47. The maximum absolute atomic E-state index is 13.6. The molecule has 0 amide bonds. The molecule has 0 saturated carbocycles. The van der Waals surface area contributed by atoms with Gasteiger partial charge in [-0.25, -0.2) is 14.4 Å². The van der Waals surface area contributed by atoms with Gasteiger partial charge < -0.3 is 43.9 Å². The van der Waals surface area contributed by atoms with E-state index in [1.165, 1.54) is 12.1 Å². The summed E-state index contributed by atoms with van der Waals surface area (Å²) in [5.74, 6) is -6.45. The lowest BCUT2D eigenvalue weighted by atomic mass is 9.50. The minimum Gasteiger partial charge on any atom is -0.504 e. The van der Waals surface area contributed by atoms with Gasteiger partial charge in [-0.05, 0) is 51.1 Å². The van der Waals surface area contributed by atoms with Crippen LogP contribution in [0.25, 0.3) is 0 Å². The first-order chi connectivity index (χ1) is 19.7. The zero-order valence-electron chi connectivity index (χ0n) is 23.3.